The van der Waals surface area contributed by atoms with Crippen molar-refractivity contribution in [3.63, 3.8) is 0 Å². The number of benzene rings is 2. The van der Waals surface area contributed by atoms with Crippen molar-refractivity contribution in [3.05, 3.63) is 59.1 Å². The summed E-state index contributed by atoms with van der Waals surface area (Å²) >= 11 is 0. The highest BCUT2D eigenvalue weighted by molar-refractivity contribution is 6.08. The molecule has 27 heavy (non-hydrogen) atoms. The van der Waals surface area contributed by atoms with Crippen molar-refractivity contribution in [2.24, 2.45) is 0 Å². The minimum absolute atomic E-state index is 0.180. The van der Waals surface area contributed by atoms with Gasteiger partial charge in [0.15, 0.2) is 17.3 Å². The van der Waals surface area contributed by atoms with Gasteiger partial charge < -0.3 is 18.6 Å². The van der Waals surface area contributed by atoms with E-state index in [-0.39, 0.29) is 17.4 Å². The largest absolute Gasteiger partial charge is 0.493 e. The van der Waals surface area contributed by atoms with Crippen LogP contribution in [0, 0.1) is 12.7 Å². The number of carbonyl (C=O) groups is 1. The van der Waals surface area contributed by atoms with Gasteiger partial charge in [-0.3, -0.25) is 4.79 Å². The van der Waals surface area contributed by atoms with Crippen molar-refractivity contribution < 1.29 is 27.8 Å². The zero-order chi connectivity index (χ0) is 19.6. The van der Waals surface area contributed by atoms with Crippen LogP contribution in [0.3, 0.4) is 0 Å². The molecule has 0 saturated carbocycles. The fourth-order valence-electron chi connectivity index (χ4n) is 2.87. The topological polar surface area (TPSA) is 57.9 Å². The molecule has 1 heterocycles. The third kappa shape index (κ3) is 3.51. The maximum Gasteiger partial charge on any atom is 0.221 e. The van der Waals surface area contributed by atoms with Gasteiger partial charge in [-0.1, -0.05) is 6.08 Å². The molecule has 0 radical (unpaired) electrons. The van der Waals surface area contributed by atoms with Crippen LogP contribution in [-0.4, -0.2) is 27.1 Å². The fraction of sp³-hybridized carbons (Fsp3) is 0.190. The molecule has 3 aromatic rings. The Morgan fingerprint density at radius 3 is 2.30 bits per heavy atom. The molecule has 6 heteroatoms. The summed E-state index contributed by atoms with van der Waals surface area (Å²) in [6.07, 6.45) is 3.02. The van der Waals surface area contributed by atoms with E-state index in [1.807, 2.05) is 0 Å². The average Bonchev–Trinajstić information content (AvgIpc) is 3.01. The normalized spacial score (nSPS) is 11.1. The van der Waals surface area contributed by atoms with Crippen LogP contribution in [0.15, 0.2) is 40.8 Å². The molecular formula is C21H19FO5. The second-order valence-corrected chi connectivity index (χ2v) is 5.85. The molecule has 0 atom stereocenters. The summed E-state index contributed by atoms with van der Waals surface area (Å²) in [4.78, 5) is 12.6. The first kappa shape index (κ1) is 18.5. The molecule has 0 bridgehead atoms. The number of ketones is 1. The van der Waals surface area contributed by atoms with Crippen molar-refractivity contribution >= 4 is 22.8 Å². The summed E-state index contributed by atoms with van der Waals surface area (Å²) in [7, 11) is 4.56. The number of aryl methyl sites for hydroxylation is 1. The number of ether oxygens (including phenoxy) is 3. The number of fused-ring (bicyclic) bond motifs is 1. The Kier molecular flexibility index (Phi) is 5.16. The SMILES string of the molecule is COc1cc(C=CC(=O)c2oc3ccc(F)cc3c2C)cc(OC)c1OC. The summed E-state index contributed by atoms with van der Waals surface area (Å²) in [5.74, 6) is 0.924. The van der Waals surface area contributed by atoms with Crippen LogP contribution in [0.2, 0.25) is 0 Å². The van der Waals surface area contributed by atoms with E-state index in [1.54, 1.807) is 25.1 Å². The van der Waals surface area contributed by atoms with Gasteiger partial charge in [-0.15, -0.1) is 0 Å². The number of furan rings is 1. The Hall–Kier alpha value is -3.28. The van der Waals surface area contributed by atoms with E-state index in [2.05, 4.69) is 0 Å². The summed E-state index contributed by atoms with van der Waals surface area (Å²) in [6.45, 7) is 1.73. The molecule has 0 aliphatic carbocycles. The number of hydrogen-bond donors (Lipinski definition) is 0. The van der Waals surface area contributed by atoms with Gasteiger partial charge in [-0.2, -0.15) is 0 Å². The molecule has 0 aliphatic rings. The van der Waals surface area contributed by atoms with Gasteiger partial charge in [-0.05, 0) is 48.9 Å². The Balaban J connectivity index is 1.94. The molecule has 0 amide bonds. The summed E-state index contributed by atoms with van der Waals surface area (Å²) in [5.41, 5.74) is 1.76. The van der Waals surface area contributed by atoms with Crippen molar-refractivity contribution in [3.8, 4) is 17.2 Å². The highest BCUT2D eigenvalue weighted by Crippen LogP contribution is 2.38. The maximum atomic E-state index is 13.4. The Morgan fingerprint density at radius 2 is 1.70 bits per heavy atom. The summed E-state index contributed by atoms with van der Waals surface area (Å²) in [6, 6.07) is 7.62. The van der Waals surface area contributed by atoms with E-state index < -0.39 is 0 Å². The summed E-state index contributed by atoms with van der Waals surface area (Å²) in [5, 5.41) is 0.583. The highest BCUT2D eigenvalue weighted by Gasteiger charge is 2.17. The van der Waals surface area contributed by atoms with Gasteiger partial charge >= 0.3 is 0 Å². The predicted octanol–water partition coefficient (Wildman–Crippen LogP) is 4.80. The molecule has 0 N–H and O–H groups in total. The molecule has 1 aromatic heterocycles. The first-order valence-electron chi connectivity index (χ1n) is 8.19. The lowest BCUT2D eigenvalue weighted by Gasteiger charge is -2.12. The molecular weight excluding hydrogens is 351 g/mol. The van der Waals surface area contributed by atoms with Crippen LogP contribution < -0.4 is 14.2 Å². The van der Waals surface area contributed by atoms with E-state index in [9.17, 15) is 9.18 Å². The quantitative estimate of drug-likeness (QED) is 0.461. The third-order valence-electron chi connectivity index (χ3n) is 4.24. The third-order valence-corrected chi connectivity index (χ3v) is 4.24. The Morgan fingerprint density at radius 1 is 1.04 bits per heavy atom. The Labute approximate surface area is 155 Å². The van der Waals surface area contributed by atoms with Crippen molar-refractivity contribution in [1.82, 2.24) is 0 Å². The number of rotatable bonds is 6. The van der Waals surface area contributed by atoms with Crippen molar-refractivity contribution in [2.45, 2.75) is 6.92 Å². The first-order valence-corrected chi connectivity index (χ1v) is 8.19. The fourth-order valence-corrected chi connectivity index (χ4v) is 2.87. The molecule has 0 saturated heterocycles. The van der Waals surface area contributed by atoms with Crippen LogP contribution in [0.1, 0.15) is 21.7 Å². The van der Waals surface area contributed by atoms with Crippen molar-refractivity contribution in [2.75, 3.05) is 21.3 Å². The minimum Gasteiger partial charge on any atom is -0.493 e. The molecule has 0 aliphatic heterocycles. The molecule has 5 nitrogen and oxygen atoms in total. The van der Waals surface area contributed by atoms with E-state index in [0.717, 1.165) is 0 Å². The molecule has 2 aromatic carbocycles. The van der Waals surface area contributed by atoms with E-state index in [4.69, 9.17) is 18.6 Å². The predicted molar refractivity (Wildman–Crippen MR) is 100 cm³/mol. The van der Waals surface area contributed by atoms with Gasteiger partial charge in [0.25, 0.3) is 0 Å². The summed E-state index contributed by atoms with van der Waals surface area (Å²) < 4.78 is 34.9. The van der Waals surface area contributed by atoms with Crippen LogP contribution in [-0.2, 0) is 0 Å². The molecule has 3 rings (SSSR count). The van der Waals surface area contributed by atoms with Gasteiger partial charge in [0.05, 0.1) is 21.3 Å². The molecule has 140 valence electrons. The van der Waals surface area contributed by atoms with Gasteiger partial charge in [0, 0.05) is 10.9 Å². The van der Waals surface area contributed by atoms with Gasteiger partial charge in [0.2, 0.25) is 11.5 Å². The highest BCUT2D eigenvalue weighted by atomic mass is 19.1. The second kappa shape index (κ2) is 7.53. The molecule has 0 unspecified atom stereocenters. The Bertz CT molecular complexity index is 1010. The number of halogens is 1. The monoisotopic (exact) mass is 370 g/mol. The molecule has 0 fully saturated rings. The number of allylic oxidation sites excluding steroid dienone is 1. The number of methoxy groups -OCH3 is 3. The number of hydrogen-bond acceptors (Lipinski definition) is 5. The maximum absolute atomic E-state index is 13.4. The van der Waals surface area contributed by atoms with Crippen molar-refractivity contribution in [1.29, 1.82) is 0 Å². The molecule has 0 spiro atoms. The van der Waals surface area contributed by atoms with Crippen LogP contribution in [0.5, 0.6) is 17.2 Å². The first-order chi connectivity index (χ1) is 13.0. The lowest BCUT2D eigenvalue weighted by atomic mass is 10.1. The second-order valence-electron chi connectivity index (χ2n) is 5.85. The lowest BCUT2D eigenvalue weighted by molar-refractivity contribution is 0.102. The van der Waals surface area contributed by atoms with E-state index in [0.29, 0.717) is 39.3 Å². The standard InChI is InChI=1S/C21H19FO5/c1-12-15-11-14(22)6-8-17(15)27-20(12)16(23)7-5-13-9-18(24-2)21(26-4)19(10-13)25-3/h5-11H,1-4H3. The van der Waals surface area contributed by atoms with E-state index >= 15 is 0 Å². The minimum atomic E-state index is -0.377. The van der Waals surface area contributed by atoms with Crippen LogP contribution in [0.25, 0.3) is 17.0 Å². The zero-order valence-electron chi connectivity index (χ0n) is 15.5. The van der Waals surface area contributed by atoms with E-state index in [1.165, 1.54) is 45.6 Å². The van der Waals surface area contributed by atoms with Gasteiger partial charge in [-0.25, -0.2) is 4.39 Å². The van der Waals surface area contributed by atoms with Crippen LogP contribution >= 0.6 is 0 Å². The van der Waals surface area contributed by atoms with Crippen LogP contribution in [0.4, 0.5) is 4.39 Å². The number of carbonyl (C=O) groups excluding carboxylic acids is 1. The van der Waals surface area contributed by atoms with Gasteiger partial charge in [0.1, 0.15) is 11.4 Å². The lowest BCUT2D eigenvalue weighted by Crippen LogP contribution is -1.96. The smallest absolute Gasteiger partial charge is 0.221 e. The average molecular weight is 370 g/mol. The zero-order valence-corrected chi connectivity index (χ0v) is 15.5.